The first kappa shape index (κ1) is 14.8. The maximum Gasteiger partial charge on any atom is 0.241 e. The summed E-state index contributed by atoms with van der Waals surface area (Å²) in [5, 5.41) is 3.58. The predicted molar refractivity (Wildman–Crippen MR) is 77.8 cm³/mol. The molecule has 4 nitrogen and oxygen atoms in total. The van der Waals surface area contributed by atoms with Crippen molar-refractivity contribution in [2.45, 2.75) is 57.7 Å². The van der Waals surface area contributed by atoms with Gasteiger partial charge < -0.3 is 9.80 Å². The van der Waals surface area contributed by atoms with Crippen LogP contribution in [0.1, 0.15) is 45.4 Å². The molecular formula is C15H29N3O. The van der Waals surface area contributed by atoms with E-state index in [1.54, 1.807) is 0 Å². The van der Waals surface area contributed by atoms with Gasteiger partial charge >= 0.3 is 0 Å². The maximum absolute atomic E-state index is 12.4. The van der Waals surface area contributed by atoms with E-state index in [2.05, 4.69) is 36.1 Å². The highest BCUT2D eigenvalue weighted by atomic mass is 16.2. The smallest absolute Gasteiger partial charge is 0.241 e. The topological polar surface area (TPSA) is 35.6 Å². The van der Waals surface area contributed by atoms with Crippen molar-refractivity contribution < 1.29 is 4.79 Å². The molecule has 0 aromatic rings. The zero-order valence-electron chi connectivity index (χ0n) is 12.7. The van der Waals surface area contributed by atoms with E-state index < -0.39 is 0 Å². The molecule has 19 heavy (non-hydrogen) atoms. The Morgan fingerprint density at radius 2 is 2.00 bits per heavy atom. The van der Waals surface area contributed by atoms with Gasteiger partial charge in [0.15, 0.2) is 0 Å². The van der Waals surface area contributed by atoms with Crippen LogP contribution in [0.2, 0.25) is 0 Å². The second-order valence-electron chi connectivity index (χ2n) is 6.31. The van der Waals surface area contributed by atoms with Crippen molar-refractivity contribution in [2.24, 2.45) is 5.92 Å². The molecular weight excluding hydrogens is 238 g/mol. The third kappa shape index (κ3) is 3.48. The Morgan fingerprint density at radius 3 is 2.58 bits per heavy atom. The fraction of sp³-hybridized carbons (Fsp3) is 0.933. The Morgan fingerprint density at radius 1 is 1.32 bits per heavy atom. The summed E-state index contributed by atoms with van der Waals surface area (Å²) in [6.45, 7) is 4.06. The largest absolute Gasteiger partial charge is 0.325 e. The molecule has 1 N–H and O–H groups in total. The SMILES string of the molecule is CCC1NC(C2CCCC2)N(CCCN(C)C)C1=O. The van der Waals surface area contributed by atoms with Crippen LogP contribution in [0.5, 0.6) is 0 Å². The van der Waals surface area contributed by atoms with Gasteiger partial charge in [-0.2, -0.15) is 0 Å². The minimum atomic E-state index is 0.0601. The molecule has 2 atom stereocenters. The number of amides is 1. The first-order chi connectivity index (χ1) is 9.13. The van der Waals surface area contributed by atoms with Crippen LogP contribution in [0, 0.1) is 5.92 Å². The van der Waals surface area contributed by atoms with Crippen LogP contribution in [0.3, 0.4) is 0 Å². The fourth-order valence-corrected chi connectivity index (χ4v) is 3.47. The van der Waals surface area contributed by atoms with Crippen molar-refractivity contribution in [2.75, 3.05) is 27.2 Å². The molecule has 1 saturated heterocycles. The van der Waals surface area contributed by atoms with Crippen molar-refractivity contribution in [3.8, 4) is 0 Å². The van der Waals surface area contributed by atoms with Crippen LogP contribution < -0.4 is 5.32 Å². The highest BCUT2D eigenvalue weighted by Crippen LogP contribution is 2.32. The van der Waals surface area contributed by atoms with Gasteiger partial charge in [0.25, 0.3) is 0 Å². The highest BCUT2D eigenvalue weighted by molar-refractivity contribution is 5.84. The zero-order valence-corrected chi connectivity index (χ0v) is 12.7. The zero-order chi connectivity index (χ0) is 13.8. The van der Waals surface area contributed by atoms with E-state index in [4.69, 9.17) is 0 Å². The Bertz CT molecular complexity index is 300. The lowest BCUT2D eigenvalue weighted by atomic mass is 10.0. The van der Waals surface area contributed by atoms with E-state index >= 15 is 0 Å². The summed E-state index contributed by atoms with van der Waals surface area (Å²) in [7, 11) is 4.18. The second kappa shape index (κ2) is 6.71. The summed E-state index contributed by atoms with van der Waals surface area (Å²) in [6.07, 6.45) is 7.52. The molecule has 1 amide bonds. The molecule has 0 spiro atoms. The molecule has 2 unspecified atom stereocenters. The summed E-state index contributed by atoms with van der Waals surface area (Å²) in [4.78, 5) is 16.8. The van der Waals surface area contributed by atoms with E-state index in [9.17, 15) is 4.79 Å². The highest BCUT2D eigenvalue weighted by Gasteiger charge is 2.41. The summed E-state index contributed by atoms with van der Waals surface area (Å²) in [5.41, 5.74) is 0. The van der Waals surface area contributed by atoms with Crippen LogP contribution in [0.4, 0.5) is 0 Å². The average molecular weight is 267 g/mol. The molecule has 2 aliphatic rings. The average Bonchev–Trinajstić information content (AvgIpc) is 2.98. The minimum Gasteiger partial charge on any atom is -0.325 e. The van der Waals surface area contributed by atoms with Gasteiger partial charge in [0.1, 0.15) is 0 Å². The van der Waals surface area contributed by atoms with Gasteiger partial charge in [0, 0.05) is 6.54 Å². The Labute approximate surface area is 117 Å². The first-order valence-electron chi connectivity index (χ1n) is 7.84. The van der Waals surface area contributed by atoms with Crippen LogP contribution in [-0.2, 0) is 4.79 Å². The lowest BCUT2D eigenvalue weighted by molar-refractivity contribution is -0.130. The molecule has 1 saturated carbocycles. The van der Waals surface area contributed by atoms with Gasteiger partial charge in [-0.1, -0.05) is 19.8 Å². The van der Waals surface area contributed by atoms with Gasteiger partial charge in [0.2, 0.25) is 5.91 Å². The fourth-order valence-electron chi connectivity index (χ4n) is 3.47. The third-order valence-corrected chi connectivity index (χ3v) is 4.55. The standard InChI is InChI=1S/C15H29N3O/c1-4-13-15(19)18(11-7-10-17(2)3)14(16-13)12-8-5-6-9-12/h12-14,16H,4-11H2,1-3H3. The van der Waals surface area contributed by atoms with Crippen molar-refractivity contribution in [1.29, 1.82) is 0 Å². The molecule has 2 rings (SSSR count). The monoisotopic (exact) mass is 267 g/mol. The number of nitrogens with one attached hydrogen (secondary N) is 1. The van der Waals surface area contributed by atoms with E-state index in [-0.39, 0.29) is 6.04 Å². The van der Waals surface area contributed by atoms with Gasteiger partial charge in [-0.05, 0) is 52.2 Å². The summed E-state index contributed by atoms with van der Waals surface area (Å²) >= 11 is 0. The second-order valence-corrected chi connectivity index (χ2v) is 6.31. The normalized spacial score (nSPS) is 28.8. The molecule has 0 aromatic carbocycles. The minimum absolute atomic E-state index is 0.0601. The molecule has 1 aliphatic heterocycles. The Kier molecular flexibility index (Phi) is 5.22. The molecule has 1 aliphatic carbocycles. The third-order valence-electron chi connectivity index (χ3n) is 4.55. The van der Waals surface area contributed by atoms with E-state index in [0.29, 0.717) is 18.0 Å². The van der Waals surface area contributed by atoms with E-state index in [0.717, 1.165) is 25.9 Å². The number of hydrogen-bond acceptors (Lipinski definition) is 3. The van der Waals surface area contributed by atoms with Gasteiger partial charge in [0.05, 0.1) is 12.2 Å². The molecule has 2 fully saturated rings. The predicted octanol–water partition coefficient (Wildman–Crippen LogP) is 1.66. The molecule has 1 heterocycles. The number of carbonyl (C=O) groups excluding carboxylic acids is 1. The molecule has 110 valence electrons. The summed E-state index contributed by atoms with van der Waals surface area (Å²) in [5.74, 6) is 1.01. The lowest BCUT2D eigenvalue weighted by Crippen LogP contribution is -2.43. The molecule has 0 radical (unpaired) electrons. The number of rotatable bonds is 6. The number of carbonyl (C=O) groups is 1. The van der Waals surface area contributed by atoms with Gasteiger partial charge in [-0.3, -0.25) is 10.1 Å². The van der Waals surface area contributed by atoms with Crippen molar-refractivity contribution in [3.05, 3.63) is 0 Å². The van der Waals surface area contributed by atoms with Crippen LogP contribution in [-0.4, -0.2) is 55.1 Å². The van der Waals surface area contributed by atoms with Gasteiger partial charge in [-0.15, -0.1) is 0 Å². The number of nitrogens with zero attached hydrogens (tertiary/aromatic N) is 2. The molecule has 0 bridgehead atoms. The maximum atomic E-state index is 12.4. The van der Waals surface area contributed by atoms with Crippen LogP contribution >= 0.6 is 0 Å². The summed E-state index contributed by atoms with van der Waals surface area (Å²) in [6, 6.07) is 0.0601. The van der Waals surface area contributed by atoms with Crippen LogP contribution in [0.25, 0.3) is 0 Å². The van der Waals surface area contributed by atoms with E-state index in [1.807, 2.05) is 0 Å². The van der Waals surface area contributed by atoms with Crippen molar-refractivity contribution in [1.82, 2.24) is 15.1 Å². The molecule has 0 aromatic heterocycles. The Hall–Kier alpha value is -0.610. The van der Waals surface area contributed by atoms with Crippen molar-refractivity contribution >= 4 is 5.91 Å². The van der Waals surface area contributed by atoms with Crippen molar-refractivity contribution in [3.63, 3.8) is 0 Å². The Balaban J connectivity index is 1.95. The first-order valence-corrected chi connectivity index (χ1v) is 7.84. The van der Waals surface area contributed by atoms with Gasteiger partial charge in [-0.25, -0.2) is 0 Å². The lowest BCUT2D eigenvalue weighted by Gasteiger charge is -2.29. The van der Waals surface area contributed by atoms with Crippen LogP contribution in [0.15, 0.2) is 0 Å². The quantitative estimate of drug-likeness (QED) is 0.795. The molecule has 4 heteroatoms. The summed E-state index contributed by atoms with van der Waals surface area (Å²) < 4.78 is 0. The van der Waals surface area contributed by atoms with E-state index in [1.165, 1.54) is 25.7 Å². The number of hydrogen-bond donors (Lipinski definition) is 1.